The lowest BCUT2D eigenvalue weighted by molar-refractivity contribution is 0.179. The third kappa shape index (κ3) is 3.49. The number of nitrogens with zero attached hydrogens (tertiary/aromatic N) is 2. The van der Waals surface area contributed by atoms with Gasteiger partial charge in [0.1, 0.15) is 0 Å². The SMILES string of the molecule is CCC1CCC(Cn2cncc2C(N)C2CCOC2)CC1. The van der Waals surface area contributed by atoms with Crippen molar-refractivity contribution in [3.05, 3.63) is 18.2 Å². The third-order valence-electron chi connectivity index (χ3n) is 5.56. The van der Waals surface area contributed by atoms with Gasteiger partial charge in [-0.15, -0.1) is 0 Å². The van der Waals surface area contributed by atoms with E-state index in [9.17, 15) is 0 Å². The molecule has 2 atom stereocenters. The van der Waals surface area contributed by atoms with Crippen molar-refractivity contribution in [2.24, 2.45) is 23.5 Å². The molecule has 0 spiro atoms. The van der Waals surface area contributed by atoms with E-state index in [4.69, 9.17) is 10.5 Å². The Morgan fingerprint density at radius 2 is 2.05 bits per heavy atom. The molecule has 1 saturated carbocycles. The van der Waals surface area contributed by atoms with Gasteiger partial charge < -0.3 is 15.0 Å². The number of hydrogen-bond acceptors (Lipinski definition) is 3. The van der Waals surface area contributed by atoms with Gasteiger partial charge in [0.25, 0.3) is 0 Å². The second kappa shape index (κ2) is 6.93. The van der Waals surface area contributed by atoms with Gasteiger partial charge in [0.05, 0.1) is 24.7 Å². The van der Waals surface area contributed by atoms with Gasteiger partial charge in [-0.05, 0) is 31.1 Å². The Bertz CT molecular complexity index is 431. The predicted molar refractivity (Wildman–Crippen MR) is 83.8 cm³/mol. The van der Waals surface area contributed by atoms with E-state index in [0.29, 0.717) is 5.92 Å². The van der Waals surface area contributed by atoms with Crippen LogP contribution in [0.25, 0.3) is 0 Å². The van der Waals surface area contributed by atoms with E-state index in [0.717, 1.165) is 38.0 Å². The van der Waals surface area contributed by atoms with Gasteiger partial charge in [-0.2, -0.15) is 0 Å². The lowest BCUT2D eigenvalue weighted by Crippen LogP contribution is -2.26. The summed E-state index contributed by atoms with van der Waals surface area (Å²) < 4.78 is 7.79. The molecule has 3 rings (SSSR count). The van der Waals surface area contributed by atoms with Crippen LogP contribution in [0.3, 0.4) is 0 Å². The van der Waals surface area contributed by atoms with Crippen molar-refractivity contribution in [3.8, 4) is 0 Å². The maximum atomic E-state index is 6.45. The summed E-state index contributed by atoms with van der Waals surface area (Å²) in [6.45, 7) is 5.07. The molecule has 1 aromatic heterocycles. The highest BCUT2D eigenvalue weighted by Gasteiger charge is 2.27. The van der Waals surface area contributed by atoms with E-state index in [2.05, 4.69) is 16.5 Å². The monoisotopic (exact) mass is 291 g/mol. The van der Waals surface area contributed by atoms with Gasteiger partial charge in [-0.25, -0.2) is 4.98 Å². The zero-order valence-corrected chi connectivity index (χ0v) is 13.2. The van der Waals surface area contributed by atoms with Crippen molar-refractivity contribution < 1.29 is 4.74 Å². The highest BCUT2D eigenvalue weighted by atomic mass is 16.5. The van der Waals surface area contributed by atoms with Crippen LogP contribution in [0.4, 0.5) is 0 Å². The molecule has 1 aromatic rings. The molecular formula is C17H29N3O. The van der Waals surface area contributed by atoms with Crippen LogP contribution in [0.1, 0.15) is 57.2 Å². The number of rotatable bonds is 5. The van der Waals surface area contributed by atoms with Gasteiger partial charge in [-0.3, -0.25) is 0 Å². The van der Waals surface area contributed by atoms with Crippen molar-refractivity contribution in [2.75, 3.05) is 13.2 Å². The van der Waals surface area contributed by atoms with Gasteiger partial charge in [-0.1, -0.05) is 26.2 Å². The second-order valence-electron chi connectivity index (χ2n) is 6.92. The Morgan fingerprint density at radius 1 is 1.29 bits per heavy atom. The van der Waals surface area contributed by atoms with Gasteiger partial charge >= 0.3 is 0 Å². The summed E-state index contributed by atoms with van der Waals surface area (Å²) in [5.41, 5.74) is 7.65. The lowest BCUT2D eigenvalue weighted by Gasteiger charge is -2.29. The Kier molecular flexibility index (Phi) is 4.96. The van der Waals surface area contributed by atoms with E-state index in [1.165, 1.54) is 37.8 Å². The van der Waals surface area contributed by atoms with Crippen LogP contribution < -0.4 is 5.73 Å². The van der Waals surface area contributed by atoms with Crippen LogP contribution >= 0.6 is 0 Å². The molecule has 1 aliphatic heterocycles. The molecule has 2 fully saturated rings. The van der Waals surface area contributed by atoms with Crippen LogP contribution in [0, 0.1) is 17.8 Å². The molecule has 4 heteroatoms. The zero-order chi connectivity index (χ0) is 14.7. The molecule has 0 amide bonds. The summed E-state index contributed by atoms with van der Waals surface area (Å²) in [5.74, 6) is 2.21. The first-order chi connectivity index (χ1) is 10.3. The van der Waals surface area contributed by atoms with Crippen LogP contribution in [0.5, 0.6) is 0 Å². The molecule has 0 bridgehead atoms. The van der Waals surface area contributed by atoms with Crippen LogP contribution in [0.15, 0.2) is 12.5 Å². The largest absolute Gasteiger partial charge is 0.381 e. The standard InChI is InChI=1S/C17H29N3O/c1-2-13-3-5-14(6-4-13)10-20-12-19-9-16(20)17(18)15-7-8-21-11-15/h9,12-15,17H,2-8,10-11,18H2,1H3. The molecule has 1 saturated heterocycles. The Labute approximate surface area is 128 Å². The van der Waals surface area contributed by atoms with Crippen molar-refractivity contribution >= 4 is 0 Å². The van der Waals surface area contributed by atoms with Gasteiger partial charge in [0.15, 0.2) is 0 Å². The maximum Gasteiger partial charge on any atom is 0.0948 e. The number of imidazole rings is 1. The van der Waals surface area contributed by atoms with E-state index in [-0.39, 0.29) is 6.04 Å². The van der Waals surface area contributed by atoms with Crippen molar-refractivity contribution in [1.82, 2.24) is 9.55 Å². The highest BCUT2D eigenvalue weighted by molar-refractivity contribution is 5.07. The Balaban J connectivity index is 1.60. The number of hydrogen-bond donors (Lipinski definition) is 1. The summed E-state index contributed by atoms with van der Waals surface area (Å²) in [7, 11) is 0. The summed E-state index contributed by atoms with van der Waals surface area (Å²) in [4.78, 5) is 4.35. The topological polar surface area (TPSA) is 53.1 Å². The van der Waals surface area contributed by atoms with Crippen molar-refractivity contribution in [1.29, 1.82) is 0 Å². The van der Waals surface area contributed by atoms with Crippen LogP contribution in [-0.2, 0) is 11.3 Å². The van der Waals surface area contributed by atoms with Crippen LogP contribution in [-0.4, -0.2) is 22.8 Å². The molecule has 2 N–H and O–H groups in total. The maximum absolute atomic E-state index is 6.45. The minimum absolute atomic E-state index is 0.0713. The highest BCUT2D eigenvalue weighted by Crippen LogP contribution is 2.33. The van der Waals surface area contributed by atoms with E-state index >= 15 is 0 Å². The summed E-state index contributed by atoms with van der Waals surface area (Å²) in [5, 5.41) is 0. The summed E-state index contributed by atoms with van der Waals surface area (Å²) in [6, 6.07) is 0.0713. The molecule has 21 heavy (non-hydrogen) atoms. The smallest absolute Gasteiger partial charge is 0.0948 e. The molecular weight excluding hydrogens is 262 g/mol. The predicted octanol–water partition coefficient (Wildman–Crippen LogP) is 3.14. The zero-order valence-electron chi connectivity index (χ0n) is 13.2. The van der Waals surface area contributed by atoms with E-state index < -0.39 is 0 Å². The normalized spacial score (nSPS) is 31.4. The minimum atomic E-state index is 0.0713. The average molecular weight is 291 g/mol. The molecule has 2 aliphatic rings. The fraction of sp³-hybridized carbons (Fsp3) is 0.824. The first-order valence-electron chi connectivity index (χ1n) is 8.61. The molecule has 118 valence electrons. The van der Waals surface area contributed by atoms with Crippen LogP contribution in [0.2, 0.25) is 0 Å². The first kappa shape index (κ1) is 15.0. The third-order valence-corrected chi connectivity index (χ3v) is 5.56. The fourth-order valence-corrected chi connectivity index (χ4v) is 3.94. The summed E-state index contributed by atoms with van der Waals surface area (Å²) >= 11 is 0. The molecule has 0 aromatic carbocycles. The summed E-state index contributed by atoms with van der Waals surface area (Å²) in [6.07, 6.45) is 11.9. The van der Waals surface area contributed by atoms with Gasteiger partial charge in [0, 0.05) is 25.3 Å². The molecule has 2 unspecified atom stereocenters. The Hall–Kier alpha value is -0.870. The van der Waals surface area contributed by atoms with Crippen molar-refractivity contribution in [3.63, 3.8) is 0 Å². The average Bonchev–Trinajstić information content (AvgIpc) is 3.19. The minimum Gasteiger partial charge on any atom is -0.381 e. The second-order valence-corrected chi connectivity index (χ2v) is 6.92. The van der Waals surface area contributed by atoms with Crippen molar-refractivity contribution in [2.45, 2.75) is 58.0 Å². The quantitative estimate of drug-likeness (QED) is 0.906. The van der Waals surface area contributed by atoms with Gasteiger partial charge in [0.2, 0.25) is 0 Å². The molecule has 2 heterocycles. The van der Waals surface area contributed by atoms with E-state index in [1.54, 1.807) is 0 Å². The molecule has 4 nitrogen and oxygen atoms in total. The number of ether oxygens (including phenoxy) is 1. The lowest BCUT2D eigenvalue weighted by atomic mass is 9.81. The molecule has 1 aliphatic carbocycles. The number of aromatic nitrogens is 2. The molecule has 0 radical (unpaired) electrons. The first-order valence-corrected chi connectivity index (χ1v) is 8.61. The Morgan fingerprint density at radius 3 is 2.71 bits per heavy atom. The van der Waals surface area contributed by atoms with E-state index in [1.807, 2.05) is 12.5 Å². The fourth-order valence-electron chi connectivity index (χ4n) is 3.94. The number of nitrogens with two attached hydrogens (primary N) is 1.